The van der Waals surface area contributed by atoms with Crippen LogP contribution >= 0.6 is 23.2 Å². The van der Waals surface area contributed by atoms with Gasteiger partial charge in [0.2, 0.25) is 0 Å². The summed E-state index contributed by atoms with van der Waals surface area (Å²) in [6, 6.07) is 20.2. The summed E-state index contributed by atoms with van der Waals surface area (Å²) in [6.45, 7) is 0. The number of methoxy groups -OCH3 is 2. The Labute approximate surface area is 234 Å². The quantitative estimate of drug-likeness (QED) is 0.292. The van der Waals surface area contributed by atoms with E-state index in [2.05, 4.69) is 10.4 Å². The number of para-hydroxylation sites is 1. The molecule has 0 bridgehead atoms. The van der Waals surface area contributed by atoms with Crippen molar-refractivity contribution in [3.63, 3.8) is 0 Å². The number of Topliss-reactive ketones (excluding diaryl/α,β-unsaturated/α-hetero) is 1. The number of hydrogen-bond acceptors (Lipinski definition) is 5. The van der Waals surface area contributed by atoms with Gasteiger partial charge in [0.25, 0.3) is 5.56 Å². The van der Waals surface area contributed by atoms with Crippen molar-refractivity contribution in [3.8, 4) is 17.2 Å². The molecule has 1 aliphatic heterocycles. The van der Waals surface area contributed by atoms with Gasteiger partial charge in [-0.2, -0.15) is 0 Å². The van der Waals surface area contributed by atoms with Crippen molar-refractivity contribution in [3.05, 3.63) is 115 Å². The predicted molar refractivity (Wildman–Crippen MR) is 152 cm³/mol. The molecule has 0 radical (unpaired) electrons. The smallest absolute Gasteiger partial charge is 0.277 e. The molecule has 0 unspecified atom stereocenters. The van der Waals surface area contributed by atoms with Gasteiger partial charge in [0.15, 0.2) is 17.3 Å². The van der Waals surface area contributed by atoms with Gasteiger partial charge in [-0.15, -0.1) is 0 Å². The normalized spacial score (nSPS) is 18.3. The van der Waals surface area contributed by atoms with Crippen molar-refractivity contribution in [1.82, 2.24) is 9.78 Å². The number of carbonyl (C=O) groups excluding carboxylic acids is 1. The van der Waals surface area contributed by atoms with Gasteiger partial charge >= 0.3 is 0 Å². The number of aromatic nitrogens is 2. The molecule has 9 heteroatoms. The lowest BCUT2D eigenvalue weighted by atomic mass is 9.72. The summed E-state index contributed by atoms with van der Waals surface area (Å²) in [5.74, 6) is 0.997. The second kappa shape index (κ2) is 9.98. The molecular weight excluding hydrogens is 537 g/mol. The van der Waals surface area contributed by atoms with Crippen LogP contribution in [0.2, 0.25) is 10.0 Å². The van der Waals surface area contributed by atoms with Gasteiger partial charge in [0.05, 0.1) is 25.5 Å². The number of allylic oxidation sites excluding steroid dienone is 2. The van der Waals surface area contributed by atoms with Crippen LogP contribution in [0, 0.1) is 0 Å². The molecule has 0 saturated heterocycles. The molecule has 1 aliphatic carbocycles. The van der Waals surface area contributed by atoms with Crippen molar-refractivity contribution < 1.29 is 14.3 Å². The zero-order valence-electron chi connectivity index (χ0n) is 21.3. The molecule has 2 heterocycles. The van der Waals surface area contributed by atoms with Crippen LogP contribution in [0.1, 0.15) is 41.4 Å². The highest BCUT2D eigenvalue weighted by Crippen LogP contribution is 2.48. The monoisotopic (exact) mass is 561 g/mol. The molecule has 2 atom stereocenters. The van der Waals surface area contributed by atoms with Crippen molar-refractivity contribution >= 4 is 34.8 Å². The Balaban J connectivity index is 1.49. The number of benzene rings is 3. The number of aromatic amines is 1. The van der Waals surface area contributed by atoms with E-state index < -0.39 is 5.92 Å². The molecule has 0 amide bonds. The van der Waals surface area contributed by atoms with Crippen LogP contribution in [-0.2, 0) is 4.79 Å². The van der Waals surface area contributed by atoms with Gasteiger partial charge in [-0.3, -0.25) is 14.7 Å². The highest BCUT2D eigenvalue weighted by atomic mass is 35.5. The van der Waals surface area contributed by atoms with E-state index in [-0.39, 0.29) is 23.7 Å². The number of H-pyrrole nitrogens is 1. The van der Waals surface area contributed by atoms with Gasteiger partial charge in [-0.1, -0.05) is 53.5 Å². The average Bonchev–Trinajstić information content (AvgIpc) is 3.27. The summed E-state index contributed by atoms with van der Waals surface area (Å²) in [7, 11) is 3.18. The Hall–Kier alpha value is -3.94. The molecular formula is C30H25Cl2N3O4. The summed E-state index contributed by atoms with van der Waals surface area (Å²) in [5.41, 5.74) is 3.82. The Morgan fingerprint density at radius 1 is 0.897 bits per heavy atom. The average molecular weight is 562 g/mol. The third kappa shape index (κ3) is 4.32. The maximum atomic E-state index is 13.9. The standard InChI is InChI=1S/C30H25Cl2N3O4/c1-38-24-11-8-16(14-25(24)39-2)17-12-22-27(23(36)13-17)26(20-10-9-18(31)15-21(20)32)28-29(33-22)34-35(30(28)37)19-6-4-3-5-7-19/h3-11,14-15,17,26,33-34H,12-13H2,1-2H3/t17-,26-/m0/s1. The van der Waals surface area contributed by atoms with Gasteiger partial charge < -0.3 is 14.8 Å². The summed E-state index contributed by atoms with van der Waals surface area (Å²) in [4.78, 5) is 27.7. The Kier molecular flexibility index (Phi) is 6.49. The first-order chi connectivity index (χ1) is 18.9. The van der Waals surface area contributed by atoms with Crippen molar-refractivity contribution in [2.45, 2.75) is 24.7 Å². The summed E-state index contributed by atoms with van der Waals surface area (Å²) >= 11 is 12.9. The van der Waals surface area contributed by atoms with Gasteiger partial charge in [-0.25, -0.2) is 4.68 Å². The Morgan fingerprint density at radius 2 is 1.67 bits per heavy atom. The van der Waals surface area contributed by atoms with Gasteiger partial charge in [0.1, 0.15) is 5.82 Å². The topological polar surface area (TPSA) is 85.4 Å². The van der Waals surface area contributed by atoms with Crippen LogP contribution in [0.4, 0.5) is 5.82 Å². The number of halogens is 2. The van der Waals surface area contributed by atoms with E-state index in [1.54, 1.807) is 32.4 Å². The Bertz CT molecular complexity index is 1690. The molecule has 4 aromatic rings. The molecule has 0 saturated carbocycles. The maximum absolute atomic E-state index is 13.9. The van der Waals surface area contributed by atoms with E-state index in [0.29, 0.717) is 56.2 Å². The second-order valence-electron chi connectivity index (χ2n) is 9.64. The van der Waals surface area contributed by atoms with Crippen LogP contribution in [0.25, 0.3) is 5.69 Å². The van der Waals surface area contributed by atoms with Gasteiger partial charge in [0, 0.05) is 33.7 Å². The first-order valence-electron chi connectivity index (χ1n) is 12.5. The van der Waals surface area contributed by atoms with E-state index in [0.717, 1.165) is 11.3 Å². The lowest BCUT2D eigenvalue weighted by Crippen LogP contribution is -2.32. The maximum Gasteiger partial charge on any atom is 0.277 e. The molecule has 198 valence electrons. The number of ketones is 1. The number of ether oxygens (including phenoxy) is 2. The summed E-state index contributed by atoms with van der Waals surface area (Å²) in [6.07, 6.45) is 0.848. The molecule has 39 heavy (non-hydrogen) atoms. The lowest BCUT2D eigenvalue weighted by molar-refractivity contribution is -0.116. The molecule has 3 aromatic carbocycles. The molecule has 0 fully saturated rings. The van der Waals surface area contributed by atoms with E-state index in [9.17, 15) is 9.59 Å². The fraction of sp³-hybridized carbons (Fsp3) is 0.200. The molecule has 1 aromatic heterocycles. The molecule has 2 N–H and O–H groups in total. The van der Waals surface area contributed by atoms with Crippen molar-refractivity contribution in [2.24, 2.45) is 0 Å². The number of nitrogens with zero attached hydrogens (tertiary/aromatic N) is 1. The largest absolute Gasteiger partial charge is 0.493 e. The number of hydrogen-bond donors (Lipinski definition) is 2. The highest BCUT2D eigenvalue weighted by molar-refractivity contribution is 6.35. The van der Waals surface area contributed by atoms with Crippen molar-refractivity contribution in [2.75, 3.05) is 19.5 Å². The van der Waals surface area contributed by atoms with Gasteiger partial charge in [-0.05, 0) is 59.9 Å². The fourth-order valence-corrected chi connectivity index (χ4v) is 6.16. The first-order valence-corrected chi connectivity index (χ1v) is 13.3. The number of fused-ring (bicyclic) bond motifs is 1. The number of anilines is 1. The van der Waals surface area contributed by atoms with Crippen molar-refractivity contribution in [1.29, 1.82) is 0 Å². The van der Waals surface area contributed by atoms with E-state index >= 15 is 0 Å². The molecule has 2 aliphatic rings. The first kappa shape index (κ1) is 25.3. The molecule has 6 rings (SSSR count). The fourth-order valence-electron chi connectivity index (χ4n) is 5.64. The van der Waals surface area contributed by atoms with E-state index in [1.807, 2.05) is 48.5 Å². The number of rotatable bonds is 5. The second-order valence-corrected chi connectivity index (χ2v) is 10.5. The third-order valence-electron chi connectivity index (χ3n) is 7.45. The van der Waals surface area contributed by atoms with Crippen LogP contribution in [0.3, 0.4) is 0 Å². The summed E-state index contributed by atoms with van der Waals surface area (Å²) < 4.78 is 12.4. The SMILES string of the molecule is COc1ccc([C@@H]2CC(=O)C3=C(C2)Nc2[nH]n(-c4ccccc4)c(=O)c2[C@H]3c2ccc(Cl)cc2Cl)cc1OC. The summed E-state index contributed by atoms with van der Waals surface area (Å²) in [5, 5.41) is 7.50. The minimum Gasteiger partial charge on any atom is -0.493 e. The lowest BCUT2D eigenvalue weighted by Gasteiger charge is -2.35. The van der Waals surface area contributed by atoms with Crippen LogP contribution in [-0.4, -0.2) is 29.8 Å². The minimum atomic E-state index is -0.645. The zero-order chi connectivity index (χ0) is 27.3. The van der Waals surface area contributed by atoms with Crippen LogP contribution in [0.5, 0.6) is 11.5 Å². The van der Waals surface area contributed by atoms with Crippen LogP contribution < -0.4 is 20.3 Å². The predicted octanol–water partition coefficient (Wildman–Crippen LogP) is 6.45. The zero-order valence-corrected chi connectivity index (χ0v) is 22.8. The minimum absolute atomic E-state index is 0.0444. The number of carbonyl (C=O) groups is 1. The van der Waals surface area contributed by atoms with Crippen LogP contribution in [0.15, 0.2) is 82.8 Å². The van der Waals surface area contributed by atoms with E-state index in [4.69, 9.17) is 32.7 Å². The molecule has 0 spiro atoms. The van der Waals surface area contributed by atoms with E-state index in [1.165, 1.54) is 4.68 Å². The number of nitrogens with one attached hydrogen (secondary N) is 2. The third-order valence-corrected chi connectivity index (χ3v) is 8.02. The Morgan fingerprint density at radius 3 is 2.38 bits per heavy atom. The highest BCUT2D eigenvalue weighted by Gasteiger charge is 2.42. The molecule has 7 nitrogen and oxygen atoms in total.